The fraction of sp³-hybridized carbons (Fsp3) is 0.182. The average Bonchev–Trinajstić information content (AvgIpc) is 2.63. The molecule has 2 heterocycles. The summed E-state index contributed by atoms with van der Waals surface area (Å²) in [6.07, 6.45) is 5.76. The molecular weight excluding hydrogens is 222 g/mol. The first kappa shape index (κ1) is 11.1. The van der Waals surface area contributed by atoms with Gasteiger partial charge in [0.1, 0.15) is 11.4 Å². The molecule has 0 aliphatic rings. The number of nitrogens with zero attached hydrogens (tertiary/aromatic N) is 3. The summed E-state index contributed by atoms with van der Waals surface area (Å²) >= 11 is 0. The quantitative estimate of drug-likeness (QED) is 0.599. The summed E-state index contributed by atoms with van der Waals surface area (Å²) in [5.74, 6) is 0.624. The van der Waals surface area contributed by atoms with Crippen LogP contribution in [-0.2, 0) is 7.05 Å². The van der Waals surface area contributed by atoms with Gasteiger partial charge in [-0.2, -0.15) is 0 Å². The second-order valence-electron chi connectivity index (χ2n) is 3.54. The average molecular weight is 233 g/mol. The van der Waals surface area contributed by atoms with Gasteiger partial charge in [0.05, 0.1) is 18.2 Å². The summed E-state index contributed by atoms with van der Waals surface area (Å²) in [5, 5.41) is 11.1. The van der Waals surface area contributed by atoms with Gasteiger partial charge in [0.25, 0.3) is 0 Å². The molecule has 0 saturated heterocycles. The number of aryl methyl sites for hydroxylation is 1. The molecule has 2 aromatic heterocycles. The Morgan fingerprint density at radius 2 is 2.35 bits per heavy atom. The minimum atomic E-state index is -0.494. The first-order chi connectivity index (χ1) is 8.11. The van der Waals surface area contributed by atoms with E-state index in [1.165, 1.54) is 6.08 Å². The number of fused-ring (bicyclic) bond motifs is 1. The van der Waals surface area contributed by atoms with Crippen molar-refractivity contribution in [3.05, 3.63) is 40.3 Å². The number of hydrogen-bond acceptors (Lipinski definition) is 4. The predicted molar refractivity (Wildman–Crippen MR) is 63.3 cm³/mol. The summed E-state index contributed by atoms with van der Waals surface area (Å²) in [6, 6.07) is 1.81. The second-order valence-corrected chi connectivity index (χ2v) is 3.54. The van der Waals surface area contributed by atoms with Crippen molar-refractivity contribution in [3.63, 3.8) is 0 Å². The molecule has 6 nitrogen and oxygen atoms in total. The van der Waals surface area contributed by atoms with E-state index >= 15 is 0 Å². The molecule has 88 valence electrons. The molecule has 2 aromatic rings. The Labute approximate surface area is 97.3 Å². The molecule has 0 saturated carbocycles. The normalized spacial score (nSPS) is 11.2. The molecule has 17 heavy (non-hydrogen) atoms. The van der Waals surface area contributed by atoms with Gasteiger partial charge in [-0.25, -0.2) is 4.98 Å². The van der Waals surface area contributed by atoms with Crippen LogP contribution in [0.5, 0.6) is 5.75 Å². The Balaban J connectivity index is 2.59. The van der Waals surface area contributed by atoms with E-state index in [0.29, 0.717) is 5.75 Å². The molecule has 0 bridgehead atoms. The van der Waals surface area contributed by atoms with Crippen molar-refractivity contribution >= 4 is 17.1 Å². The zero-order valence-electron chi connectivity index (χ0n) is 9.45. The second kappa shape index (κ2) is 4.25. The number of pyridine rings is 1. The third-order valence-corrected chi connectivity index (χ3v) is 2.43. The monoisotopic (exact) mass is 233 g/mol. The maximum Gasteiger partial charge on any atom is 0.235 e. The van der Waals surface area contributed by atoms with Gasteiger partial charge in [-0.3, -0.25) is 10.1 Å². The molecule has 0 spiro atoms. The van der Waals surface area contributed by atoms with Crippen LogP contribution in [0, 0.1) is 10.1 Å². The maximum absolute atomic E-state index is 10.3. The van der Waals surface area contributed by atoms with Gasteiger partial charge < -0.3 is 9.30 Å². The van der Waals surface area contributed by atoms with E-state index in [2.05, 4.69) is 4.98 Å². The molecule has 0 aliphatic heterocycles. The molecule has 0 amide bonds. The third kappa shape index (κ3) is 2.10. The predicted octanol–water partition coefficient (Wildman–Crippen LogP) is 1.83. The number of hydrogen-bond donors (Lipinski definition) is 0. The van der Waals surface area contributed by atoms with E-state index in [-0.39, 0.29) is 0 Å². The lowest BCUT2D eigenvalue weighted by Gasteiger charge is -1.99. The zero-order valence-corrected chi connectivity index (χ0v) is 9.45. The van der Waals surface area contributed by atoms with E-state index in [1.54, 1.807) is 19.5 Å². The van der Waals surface area contributed by atoms with Crippen LogP contribution in [0.2, 0.25) is 0 Å². The highest BCUT2D eigenvalue weighted by Crippen LogP contribution is 2.24. The van der Waals surface area contributed by atoms with Gasteiger partial charge >= 0.3 is 0 Å². The largest absolute Gasteiger partial charge is 0.495 e. The van der Waals surface area contributed by atoms with Crippen LogP contribution in [0.25, 0.3) is 17.1 Å². The highest BCUT2D eigenvalue weighted by molar-refractivity contribution is 5.87. The third-order valence-electron chi connectivity index (χ3n) is 2.43. The van der Waals surface area contributed by atoms with Crippen molar-refractivity contribution in [1.82, 2.24) is 9.55 Å². The first-order valence-electron chi connectivity index (χ1n) is 4.92. The van der Waals surface area contributed by atoms with E-state index in [4.69, 9.17) is 4.74 Å². The first-order valence-corrected chi connectivity index (χ1v) is 4.92. The number of nitro groups is 1. The maximum atomic E-state index is 10.3. The van der Waals surface area contributed by atoms with Crippen molar-refractivity contribution in [3.8, 4) is 5.75 Å². The SMILES string of the molecule is COc1cnc2c(c1)c(C=C[N+](=O)[O-])cn2C. The Bertz CT molecular complexity index is 601. The van der Waals surface area contributed by atoms with Crippen LogP contribution in [0.1, 0.15) is 5.56 Å². The van der Waals surface area contributed by atoms with Gasteiger partial charge in [-0.1, -0.05) is 0 Å². The molecule has 2 rings (SSSR count). The molecule has 0 aromatic carbocycles. The van der Waals surface area contributed by atoms with Gasteiger partial charge in [-0.05, 0) is 6.07 Å². The molecule has 0 radical (unpaired) electrons. The smallest absolute Gasteiger partial charge is 0.235 e. The molecule has 0 fully saturated rings. The van der Waals surface area contributed by atoms with Gasteiger partial charge in [0, 0.05) is 30.3 Å². The van der Waals surface area contributed by atoms with Crippen LogP contribution in [-0.4, -0.2) is 21.6 Å². The molecule has 0 aliphatic carbocycles. The van der Waals surface area contributed by atoms with Crippen molar-refractivity contribution in [2.45, 2.75) is 0 Å². The lowest BCUT2D eigenvalue weighted by molar-refractivity contribution is -0.400. The Morgan fingerprint density at radius 3 is 3.00 bits per heavy atom. The number of methoxy groups -OCH3 is 1. The fourth-order valence-electron chi connectivity index (χ4n) is 1.66. The van der Waals surface area contributed by atoms with Crippen molar-refractivity contribution in [2.24, 2.45) is 7.05 Å². The fourth-order valence-corrected chi connectivity index (χ4v) is 1.66. The van der Waals surface area contributed by atoms with E-state index in [1.807, 2.05) is 17.7 Å². The van der Waals surface area contributed by atoms with Crippen LogP contribution in [0.4, 0.5) is 0 Å². The van der Waals surface area contributed by atoms with Crippen LogP contribution in [0.3, 0.4) is 0 Å². The van der Waals surface area contributed by atoms with Gasteiger partial charge in [0.2, 0.25) is 6.20 Å². The highest BCUT2D eigenvalue weighted by atomic mass is 16.6. The summed E-state index contributed by atoms with van der Waals surface area (Å²) in [4.78, 5) is 14.1. The van der Waals surface area contributed by atoms with Crippen LogP contribution in [0.15, 0.2) is 24.7 Å². The molecule has 0 unspecified atom stereocenters. The Hall–Kier alpha value is -2.37. The van der Waals surface area contributed by atoms with Crippen LogP contribution >= 0.6 is 0 Å². The van der Waals surface area contributed by atoms with Gasteiger partial charge in [0.15, 0.2) is 0 Å². The molecular formula is C11H11N3O3. The summed E-state index contributed by atoms with van der Waals surface area (Å²) < 4.78 is 6.90. The van der Waals surface area contributed by atoms with E-state index < -0.39 is 4.92 Å². The summed E-state index contributed by atoms with van der Waals surface area (Å²) in [5.41, 5.74) is 1.50. The van der Waals surface area contributed by atoms with Crippen LogP contribution < -0.4 is 4.74 Å². The van der Waals surface area contributed by atoms with Crippen molar-refractivity contribution in [1.29, 1.82) is 0 Å². The summed E-state index contributed by atoms with van der Waals surface area (Å²) in [7, 11) is 3.39. The van der Waals surface area contributed by atoms with E-state index in [9.17, 15) is 10.1 Å². The molecule has 0 atom stereocenters. The Kier molecular flexibility index (Phi) is 2.78. The van der Waals surface area contributed by atoms with Crippen molar-refractivity contribution in [2.75, 3.05) is 7.11 Å². The lowest BCUT2D eigenvalue weighted by Crippen LogP contribution is -1.88. The topological polar surface area (TPSA) is 70.2 Å². The number of rotatable bonds is 3. The van der Waals surface area contributed by atoms with Gasteiger partial charge in [-0.15, -0.1) is 0 Å². The number of aromatic nitrogens is 2. The summed E-state index contributed by atoms with van der Waals surface area (Å²) in [6.45, 7) is 0. The lowest BCUT2D eigenvalue weighted by atomic mass is 10.2. The molecule has 0 N–H and O–H groups in total. The van der Waals surface area contributed by atoms with E-state index in [0.717, 1.165) is 22.8 Å². The molecule has 6 heteroatoms. The standard InChI is InChI=1S/C11H11N3O3/c1-13-7-8(3-4-14(15)16)10-5-9(17-2)6-12-11(10)13/h3-7H,1-2H3. The highest BCUT2D eigenvalue weighted by Gasteiger charge is 2.07. The Morgan fingerprint density at radius 1 is 1.59 bits per heavy atom. The van der Waals surface area contributed by atoms with Crippen molar-refractivity contribution < 1.29 is 9.66 Å². The number of ether oxygens (including phenoxy) is 1. The zero-order chi connectivity index (χ0) is 12.4. The minimum Gasteiger partial charge on any atom is -0.495 e. The minimum absolute atomic E-state index is 0.494.